The van der Waals surface area contributed by atoms with Gasteiger partial charge in [0.1, 0.15) is 5.82 Å². The van der Waals surface area contributed by atoms with Gasteiger partial charge in [-0.2, -0.15) is 0 Å². The monoisotopic (exact) mass is 349 g/mol. The van der Waals surface area contributed by atoms with Crippen molar-refractivity contribution < 1.29 is 8.42 Å². The average molecular weight is 349 g/mol. The van der Waals surface area contributed by atoms with Crippen LogP contribution in [0.15, 0.2) is 36.9 Å². The number of imidazole rings is 1. The Morgan fingerprint density at radius 2 is 2.21 bits per heavy atom. The van der Waals surface area contributed by atoms with Crippen LogP contribution >= 0.6 is 0 Å². The Bertz CT molecular complexity index is 775. The van der Waals surface area contributed by atoms with Crippen molar-refractivity contribution in [1.82, 2.24) is 24.2 Å². The summed E-state index contributed by atoms with van der Waals surface area (Å²) in [5, 5.41) is 0. The third-order valence-electron chi connectivity index (χ3n) is 4.46. The Balaban J connectivity index is 1.80. The first-order valence-electron chi connectivity index (χ1n) is 7.99. The first-order valence-corrected chi connectivity index (χ1v) is 9.88. The molecule has 0 spiro atoms. The first-order chi connectivity index (χ1) is 11.4. The molecule has 0 radical (unpaired) electrons. The highest BCUT2D eigenvalue weighted by Crippen LogP contribution is 2.24. The lowest BCUT2D eigenvalue weighted by Gasteiger charge is -2.28. The fourth-order valence-corrected chi connectivity index (χ4v) is 4.11. The van der Waals surface area contributed by atoms with Crippen molar-refractivity contribution in [2.24, 2.45) is 7.05 Å². The molecule has 2 aromatic rings. The maximum absolute atomic E-state index is 11.7. The van der Waals surface area contributed by atoms with E-state index in [2.05, 4.69) is 19.6 Å². The zero-order valence-corrected chi connectivity index (χ0v) is 14.8. The van der Waals surface area contributed by atoms with Crippen LogP contribution in [0.25, 0.3) is 0 Å². The van der Waals surface area contributed by atoms with Crippen molar-refractivity contribution in [3.05, 3.63) is 48.3 Å². The highest BCUT2D eigenvalue weighted by atomic mass is 32.2. The normalized spacial score (nSPS) is 22.1. The van der Waals surface area contributed by atoms with Crippen molar-refractivity contribution in [1.29, 1.82) is 0 Å². The van der Waals surface area contributed by atoms with Crippen molar-refractivity contribution >= 4 is 10.0 Å². The summed E-state index contributed by atoms with van der Waals surface area (Å²) in [6.45, 7) is 1.54. The van der Waals surface area contributed by atoms with Crippen molar-refractivity contribution in [3.63, 3.8) is 0 Å². The number of nitrogens with zero attached hydrogens (tertiary/aromatic N) is 4. The molecular weight excluding hydrogens is 326 g/mol. The molecule has 2 aromatic heterocycles. The highest BCUT2D eigenvalue weighted by molar-refractivity contribution is 7.88. The minimum absolute atomic E-state index is 0.0839. The van der Waals surface area contributed by atoms with Crippen LogP contribution in [0.5, 0.6) is 0 Å². The molecule has 24 heavy (non-hydrogen) atoms. The lowest BCUT2D eigenvalue weighted by atomic mass is 10.0. The predicted octanol–water partition coefficient (Wildman–Crippen LogP) is 0.550. The number of sulfonamides is 1. The van der Waals surface area contributed by atoms with Gasteiger partial charge < -0.3 is 4.57 Å². The number of hydrogen-bond donors (Lipinski definition) is 1. The van der Waals surface area contributed by atoms with Gasteiger partial charge in [-0.15, -0.1) is 0 Å². The zero-order chi connectivity index (χ0) is 17.2. The maximum atomic E-state index is 11.7. The Morgan fingerprint density at radius 3 is 2.83 bits per heavy atom. The topological polar surface area (TPSA) is 80.1 Å². The van der Waals surface area contributed by atoms with Gasteiger partial charge in [0, 0.05) is 50.5 Å². The summed E-state index contributed by atoms with van der Waals surface area (Å²) < 4.78 is 28.2. The Hall–Kier alpha value is -1.77. The van der Waals surface area contributed by atoms with Gasteiger partial charge in [0.15, 0.2) is 0 Å². The SMILES string of the molecule is Cn1ccnc1CN1CC[C@@H](NS(C)(=O)=O)[C@@H]1Cc1cccnc1. The lowest BCUT2D eigenvalue weighted by Crippen LogP contribution is -2.45. The summed E-state index contributed by atoms with van der Waals surface area (Å²) in [7, 11) is -1.27. The van der Waals surface area contributed by atoms with Crippen LogP contribution in [0.1, 0.15) is 17.8 Å². The standard InChI is InChI=1S/C16H23N5O2S/c1-20-9-7-18-16(20)12-21-8-5-14(19-24(2,22)23)15(21)10-13-4-3-6-17-11-13/h3-4,6-7,9,11,14-15,19H,5,8,10,12H2,1-2H3/t14-,15+/m1/s1. The third-order valence-corrected chi connectivity index (χ3v) is 5.19. The minimum Gasteiger partial charge on any atom is -0.337 e. The van der Waals surface area contributed by atoms with Crippen molar-refractivity contribution in [3.8, 4) is 0 Å². The van der Waals surface area contributed by atoms with Gasteiger partial charge in [0.25, 0.3) is 0 Å². The summed E-state index contributed by atoms with van der Waals surface area (Å²) in [4.78, 5) is 10.9. The van der Waals surface area contributed by atoms with Crippen LogP contribution < -0.4 is 4.72 Å². The number of aryl methyl sites for hydroxylation is 1. The fourth-order valence-electron chi connectivity index (χ4n) is 3.29. The van der Waals surface area contributed by atoms with E-state index in [1.54, 1.807) is 12.4 Å². The van der Waals surface area contributed by atoms with E-state index >= 15 is 0 Å². The Morgan fingerprint density at radius 1 is 1.38 bits per heavy atom. The molecule has 3 heterocycles. The van der Waals surface area contributed by atoms with Gasteiger partial charge in [-0.1, -0.05) is 6.07 Å². The maximum Gasteiger partial charge on any atom is 0.209 e. The second kappa shape index (κ2) is 7.00. The predicted molar refractivity (Wildman–Crippen MR) is 91.7 cm³/mol. The van der Waals surface area contributed by atoms with Gasteiger partial charge in [0.05, 0.1) is 12.8 Å². The van der Waals surface area contributed by atoms with E-state index < -0.39 is 10.0 Å². The molecule has 1 aliphatic rings. The molecule has 1 fully saturated rings. The molecule has 1 aliphatic heterocycles. The summed E-state index contributed by atoms with van der Waals surface area (Å²) >= 11 is 0. The largest absolute Gasteiger partial charge is 0.337 e. The van der Waals surface area contributed by atoms with Crippen LogP contribution in [-0.4, -0.2) is 52.7 Å². The molecule has 0 bridgehead atoms. The smallest absolute Gasteiger partial charge is 0.209 e. The molecule has 0 amide bonds. The van der Waals surface area contributed by atoms with Gasteiger partial charge in [-0.25, -0.2) is 18.1 Å². The van der Waals surface area contributed by atoms with Crippen molar-refractivity contribution in [2.75, 3.05) is 12.8 Å². The molecule has 3 rings (SSSR count). The van der Waals surface area contributed by atoms with E-state index in [0.29, 0.717) is 6.54 Å². The summed E-state index contributed by atoms with van der Waals surface area (Å²) in [5.74, 6) is 0.978. The molecule has 0 saturated carbocycles. The Kier molecular flexibility index (Phi) is 4.98. The number of nitrogens with one attached hydrogen (secondary N) is 1. The number of hydrogen-bond acceptors (Lipinski definition) is 5. The van der Waals surface area contributed by atoms with Crippen LogP contribution in [0, 0.1) is 0 Å². The molecule has 8 heteroatoms. The van der Waals surface area contributed by atoms with Crippen molar-refractivity contribution in [2.45, 2.75) is 31.5 Å². The Labute approximate surface area is 142 Å². The van der Waals surface area contributed by atoms with Gasteiger partial charge in [-0.3, -0.25) is 9.88 Å². The van der Waals surface area contributed by atoms with Gasteiger partial charge >= 0.3 is 0 Å². The molecule has 130 valence electrons. The van der Waals surface area contributed by atoms with E-state index in [1.807, 2.05) is 36.1 Å². The number of rotatable bonds is 6. The van der Waals surface area contributed by atoms with Gasteiger partial charge in [-0.05, 0) is 24.5 Å². The van der Waals surface area contributed by atoms with Crippen LogP contribution in [-0.2, 0) is 30.0 Å². The fraction of sp³-hybridized carbons (Fsp3) is 0.500. The van der Waals surface area contributed by atoms with E-state index in [0.717, 1.165) is 30.8 Å². The molecule has 0 aliphatic carbocycles. The molecular formula is C16H23N5O2S. The van der Waals surface area contributed by atoms with E-state index in [4.69, 9.17) is 0 Å². The molecule has 2 atom stereocenters. The van der Waals surface area contributed by atoms with Crippen LogP contribution in [0.3, 0.4) is 0 Å². The third kappa shape index (κ3) is 4.19. The quantitative estimate of drug-likeness (QED) is 0.824. The van der Waals surface area contributed by atoms with E-state index in [9.17, 15) is 8.42 Å². The first kappa shape index (κ1) is 17.1. The zero-order valence-electron chi connectivity index (χ0n) is 14.0. The molecule has 1 saturated heterocycles. The second-order valence-corrected chi connectivity index (χ2v) is 8.12. The van der Waals surface area contributed by atoms with Gasteiger partial charge in [0.2, 0.25) is 10.0 Å². The summed E-state index contributed by atoms with van der Waals surface area (Å²) in [6.07, 6.45) is 10.1. The highest BCUT2D eigenvalue weighted by Gasteiger charge is 2.36. The molecule has 0 unspecified atom stereocenters. The van der Waals surface area contributed by atoms with Crippen LogP contribution in [0.4, 0.5) is 0 Å². The number of likely N-dealkylation sites (tertiary alicyclic amines) is 1. The number of aromatic nitrogens is 3. The van der Waals surface area contributed by atoms with Crippen LogP contribution in [0.2, 0.25) is 0 Å². The molecule has 7 nitrogen and oxygen atoms in total. The summed E-state index contributed by atoms with van der Waals surface area (Å²) in [5.41, 5.74) is 1.11. The number of pyridine rings is 1. The van der Waals surface area contributed by atoms with E-state index in [-0.39, 0.29) is 12.1 Å². The summed E-state index contributed by atoms with van der Waals surface area (Å²) in [6, 6.07) is 3.93. The lowest BCUT2D eigenvalue weighted by molar-refractivity contribution is 0.223. The molecule has 0 aromatic carbocycles. The minimum atomic E-state index is -3.24. The second-order valence-electron chi connectivity index (χ2n) is 6.34. The van der Waals surface area contributed by atoms with E-state index in [1.165, 1.54) is 6.26 Å². The molecule has 1 N–H and O–H groups in total. The average Bonchev–Trinajstić information content (AvgIpc) is 3.08.